The molecule has 1 N–H and O–H groups in total. The second kappa shape index (κ2) is 3.11. The van der Waals surface area contributed by atoms with Crippen LogP contribution in [0.25, 0.3) is 0 Å². The number of nitrogens with one attached hydrogen (secondary N) is 1. The van der Waals surface area contributed by atoms with Crippen molar-refractivity contribution in [2.45, 2.75) is 49.9 Å². The number of ether oxygens (including phenoxy) is 1. The fourth-order valence-electron chi connectivity index (χ4n) is 3.72. The van der Waals surface area contributed by atoms with Crippen molar-refractivity contribution >= 4 is 0 Å². The van der Waals surface area contributed by atoms with E-state index in [9.17, 15) is 0 Å². The van der Waals surface area contributed by atoms with Gasteiger partial charge in [0.1, 0.15) is 11.3 Å². The maximum atomic E-state index is 6.09. The summed E-state index contributed by atoms with van der Waals surface area (Å²) in [7, 11) is 0. The fourth-order valence-corrected chi connectivity index (χ4v) is 3.72. The van der Waals surface area contributed by atoms with Crippen LogP contribution in [-0.4, -0.2) is 18.8 Å². The van der Waals surface area contributed by atoms with Gasteiger partial charge in [-0.25, -0.2) is 0 Å². The van der Waals surface area contributed by atoms with Crippen LogP contribution in [0.1, 0.15) is 37.0 Å². The maximum absolute atomic E-state index is 6.09. The Morgan fingerprint density at radius 1 is 1.31 bits per heavy atom. The van der Waals surface area contributed by atoms with E-state index >= 15 is 0 Å². The van der Waals surface area contributed by atoms with Crippen LogP contribution in [0.15, 0.2) is 16.7 Å². The van der Waals surface area contributed by atoms with Crippen molar-refractivity contribution in [3.63, 3.8) is 0 Å². The molecule has 0 amide bonds. The molecule has 0 aromatic carbocycles. The Kier molecular flexibility index (Phi) is 1.80. The van der Waals surface area contributed by atoms with Crippen molar-refractivity contribution in [2.75, 3.05) is 6.54 Å². The molecule has 2 fully saturated rings. The summed E-state index contributed by atoms with van der Waals surface area (Å²) in [6.45, 7) is 1.05. The van der Waals surface area contributed by atoms with Crippen molar-refractivity contribution in [1.82, 2.24) is 5.32 Å². The van der Waals surface area contributed by atoms with E-state index in [0.29, 0.717) is 12.2 Å². The zero-order valence-electron chi connectivity index (χ0n) is 9.37. The Morgan fingerprint density at radius 3 is 3.31 bits per heavy atom. The summed E-state index contributed by atoms with van der Waals surface area (Å²) in [5, 5.41) is 3.69. The predicted octanol–water partition coefficient (Wildman–Crippen LogP) is 1.96. The van der Waals surface area contributed by atoms with Crippen LogP contribution in [0.5, 0.6) is 0 Å². The highest BCUT2D eigenvalue weighted by atomic mass is 16.5. The number of rotatable bonds is 0. The Hall–Kier alpha value is -0.800. The summed E-state index contributed by atoms with van der Waals surface area (Å²) >= 11 is 0. The minimum absolute atomic E-state index is 0.00984. The lowest BCUT2D eigenvalue weighted by Crippen LogP contribution is -2.56. The number of fused-ring (bicyclic) bond motifs is 5. The Bertz CT molecular complexity index is 414. The van der Waals surface area contributed by atoms with E-state index in [-0.39, 0.29) is 5.54 Å². The molecule has 16 heavy (non-hydrogen) atoms. The summed E-state index contributed by atoms with van der Waals surface area (Å²) in [5.74, 6) is 1.16. The van der Waals surface area contributed by atoms with Crippen molar-refractivity contribution in [2.24, 2.45) is 0 Å². The first-order valence-electron chi connectivity index (χ1n) is 6.36. The van der Waals surface area contributed by atoms with Crippen LogP contribution in [0.3, 0.4) is 0 Å². The van der Waals surface area contributed by atoms with Crippen LogP contribution in [-0.2, 0) is 16.7 Å². The lowest BCUT2D eigenvalue weighted by molar-refractivity contribution is -0.0717. The Balaban J connectivity index is 1.82. The Morgan fingerprint density at radius 2 is 2.31 bits per heavy atom. The molecule has 4 rings (SSSR count). The molecule has 86 valence electrons. The van der Waals surface area contributed by atoms with E-state index in [2.05, 4.69) is 11.4 Å². The van der Waals surface area contributed by atoms with Gasteiger partial charge < -0.3 is 14.5 Å². The molecule has 2 bridgehead atoms. The highest BCUT2D eigenvalue weighted by molar-refractivity contribution is 5.31. The van der Waals surface area contributed by atoms with E-state index in [1.807, 2.05) is 6.26 Å². The largest absolute Gasteiger partial charge is 0.467 e. The fraction of sp³-hybridized carbons (Fsp3) is 0.692. The summed E-state index contributed by atoms with van der Waals surface area (Å²) in [4.78, 5) is 0. The topological polar surface area (TPSA) is 34.4 Å². The van der Waals surface area contributed by atoms with Gasteiger partial charge in [0, 0.05) is 6.54 Å². The second-order valence-electron chi connectivity index (χ2n) is 5.29. The number of furan rings is 1. The van der Waals surface area contributed by atoms with Gasteiger partial charge in [-0.2, -0.15) is 0 Å². The van der Waals surface area contributed by atoms with Gasteiger partial charge in [-0.3, -0.25) is 0 Å². The summed E-state index contributed by atoms with van der Waals surface area (Å²) < 4.78 is 11.9. The molecule has 4 heterocycles. The molecule has 0 radical (unpaired) electrons. The molecule has 3 unspecified atom stereocenters. The smallest absolute Gasteiger partial charge is 0.129 e. The van der Waals surface area contributed by atoms with E-state index in [0.717, 1.165) is 18.7 Å². The van der Waals surface area contributed by atoms with Gasteiger partial charge >= 0.3 is 0 Å². The quantitative estimate of drug-likeness (QED) is 0.724. The molecule has 2 saturated heterocycles. The van der Waals surface area contributed by atoms with Gasteiger partial charge in [0.25, 0.3) is 0 Å². The van der Waals surface area contributed by atoms with Gasteiger partial charge in [0.15, 0.2) is 0 Å². The standard InChI is InChI=1S/C13H17NO2/c1-2-11-13(6-3-10(1)16-11)12-9(4-7-14-13)5-8-15-12/h5,8,10-11,14H,1-4,6-7H2. The van der Waals surface area contributed by atoms with Gasteiger partial charge in [-0.05, 0) is 43.7 Å². The first kappa shape index (κ1) is 9.25. The van der Waals surface area contributed by atoms with Crippen LogP contribution in [0.4, 0.5) is 0 Å². The molecule has 1 spiro atoms. The molecular formula is C13H17NO2. The van der Waals surface area contributed by atoms with Crippen molar-refractivity contribution in [3.05, 3.63) is 23.7 Å². The zero-order chi connectivity index (χ0) is 10.6. The minimum atomic E-state index is -0.00984. The van der Waals surface area contributed by atoms with Crippen LogP contribution < -0.4 is 5.32 Å². The molecule has 3 heteroatoms. The van der Waals surface area contributed by atoms with Crippen molar-refractivity contribution < 1.29 is 9.15 Å². The zero-order valence-corrected chi connectivity index (χ0v) is 9.37. The Labute approximate surface area is 95.2 Å². The molecule has 3 atom stereocenters. The van der Waals surface area contributed by atoms with Crippen molar-refractivity contribution in [1.29, 1.82) is 0 Å². The van der Waals surface area contributed by atoms with E-state index < -0.39 is 0 Å². The third kappa shape index (κ3) is 1.05. The molecule has 1 aromatic heterocycles. The first-order chi connectivity index (χ1) is 7.88. The lowest BCUT2D eigenvalue weighted by Gasteiger charge is -2.44. The predicted molar refractivity (Wildman–Crippen MR) is 59.2 cm³/mol. The SMILES string of the molecule is c1cc2c(o1)C1(CCC3CCC1O3)NCC2. The van der Waals surface area contributed by atoms with Gasteiger partial charge in [-0.15, -0.1) is 0 Å². The molecule has 3 aliphatic rings. The summed E-state index contributed by atoms with van der Waals surface area (Å²) in [5.41, 5.74) is 1.37. The van der Waals surface area contributed by atoms with Gasteiger partial charge in [0.2, 0.25) is 0 Å². The molecule has 0 saturated carbocycles. The van der Waals surface area contributed by atoms with Crippen LogP contribution in [0, 0.1) is 0 Å². The second-order valence-corrected chi connectivity index (χ2v) is 5.29. The average Bonchev–Trinajstić information content (AvgIpc) is 2.93. The van der Waals surface area contributed by atoms with Gasteiger partial charge in [0.05, 0.1) is 18.5 Å². The number of hydrogen-bond acceptors (Lipinski definition) is 3. The molecule has 1 aromatic rings. The van der Waals surface area contributed by atoms with E-state index in [1.165, 1.54) is 31.2 Å². The first-order valence-corrected chi connectivity index (χ1v) is 6.36. The molecule has 3 aliphatic heterocycles. The third-order valence-electron chi connectivity index (χ3n) is 4.50. The van der Waals surface area contributed by atoms with Crippen LogP contribution >= 0.6 is 0 Å². The minimum Gasteiger partial charge on any atom is -0.467 e. The van der Waals surface area contributed by atoms with E-state index in [4.69, 9.17) is 9.15 Å². The lowest BCUT2D eigenvalue weighted by atomic mass is 9.79. The average molecular weight is 219 g/mol. The molecule has 0 aliphatic carbocycles. The summed E-state index contributed by atoms with van der Waals surface area (Å²) in [6.07, 6.45) is 8.51. The van der Waals surface area contributed by atoms with Crippen molar-refractivity contribution in [3.8, 4) is 0 Å². The highest BCUT2D eigenvalue weighted by Crippen LogP contribution is 2.47. The third-order valence-corrected chi connectivity index (χ3v) is 4.50. The molecule has 3 nitrogen and oxygen atoms in total. The maximum Gasteiger partial charge on any atom is 0.129 e. The van der Waals surface area contributed by atoms with E-state index in [1.54, 1.807) is 0 Å². The highest BCUT2D eigenvalue weighted by Gasteiger charge is 2.52. The monoisotopic (exact) mass is 219 g/mol. The summed E-state index contributed by atoms with van der Waals surface area (Å²) in [6, 6.07) is 2.12. The number of hydrogen-bond donors (Lipinski definition) is 1. The normalized spacial score (nSPS) is 41.2. The van der Waals surface area contributed by atoms with Gasteiger partial charge in [-0.1, -0.05) is 0 Å². The van der Waals surface area contributed by atoms with Crippen LogP contribution in [0.2, 0.25) is 0 Å². The molecular weight excluding hydrogens is 202 g/mol.